The average Bonchev–Trinajstić information content (AvgIpc) is 2.75. The Bertz CT molecular complexity index is 540. The summed E-state index contributed by atoms with van der Waals surface area (Å²) in [4.78, 5) is 27.6. The van der Waals surface area contributed by atoms with Gasteiger partial charge in [-0.1, -0.05) is 12.1 Å². The van der Waals surface area contributed by atoms with E-state index >= 15 is 0 Å². The van der Waals surface area contributed by atoms with Crippen LogP contribution in [0.2, 0.25) is 0 Å². The van der Waals surface area contributed by atoms with Crippen LogP contribution in [0.4, 0.5) is 0 Å². The fraction of sp³-hybridized carbons (Fsp3) is 0.556. The molecule has 1 aromatic carbocycles. The Kier molecular flexibility index (Phi) is 6.02. The summed E-state index contributed by atoms with van der Waals surface area (Å²) in [5.41, 5.74) is 0.985. The molecule has 5 nitrogen and oxygen atoms in total. The molecule has 1 aromatic rings. The summed E-state index contributed by atoms with van der Waals surface area (Å²) in [6, 6.07) is 7.69. The molecule has 0 bridgehead atoms. The minimum absolute atomic E-state index is 0.0834. The fourth-order valence-corrected chi connectivity index (χ4v) is 2.73. The molecule has 0 aliphatic carbocycles. The van der Waals surface area contributed by atoms with Gasteiger partial charge in [0.05, 0.1) is 12.5 Å². The second-order valence-electron chi connectivity index (χ2n) is 6.23. The minimum Gasteiger partial charge on any atom is -0.491 e. The standard InChI is InChI=1S/C18H26N2O3/c1-14(2)23-17-7-5-16(6-8-17)13-18(22)20-10-4-9-19(11-12-20)15(3)21/h5-8,14H,4,9-13H2,1-3H3. The van der Waals surface area contributed by atoms with Gasteiger partial charge in [0.25, 0.3) is 0 Å². The first-order valence-electron chi connectivity index (χ1n) is 8.24. The van der Waals surface area contributed by atoms with Gasteiger partial charge in [0.2, 0.25) is 11.8 Å². The van der Waals surface area contributed by atoms with Crippen molar-refractivity contribution in [3.8, 4) is 5.75 Å². The zero-order chi connectivity index (χ0) is 16.8. The normalized spacial score (nSPS) is 15.5. The van der Waals surface area contributed by atoms with Gasteiger partial charge in [-0.3, -0.25) is 9.59 Å². The van der Waals surface area contributed by atoms with E-state index in [0.717, 1.165) is 30.8 Å². The van der Waals surface area contributed by atoms with E-state index in [1.54, 1.807) is 6.92 Å². The lowest BCUT2D eigenvalue weighted by Crippen LogP contribution is -2.37. The molecule has 1 aliphatic heterocycles. The molecule has 1 heterocycles. The number of amides is 2. The quantitative estimate of drug-likeness (QED) is 0.854. The Hall–Kier alpha value is -2.04. The second kappa shape index (κ2) is 7.99. The zero-order valence-electron chi connectivity index (χ0n) is 14.2. The Balaban J connectivity index is 1.89. The van der Waals surface area contributed by atoms with Crippen LogP contribution in [0, 0.1) is 0 Å². The van der Waals surface area contributed by atoms with Crippen molar-refractivity contribution in [3.63, 3.8) is 0 Å². The molecule has 23 heavy (non-hydrogen) atoms. The van der Waals surface area contributed by atoms with E-state index in [1.165, 1.54) is 0 Å². The summed E-state index contributed by atoms with van der Waals surface area (Å²) in [6.07, 6.45) is 1.37. The molecule has 0 spiro atoms. The van der Waals surface area contributed by atoms with Crippen LogP contribution < -0.4 is 4.74 Å². The highest BCUT2D eigenvalue weighted by Crippen LogP contribution is 2.15. The first kappa shape index (κ1) is 17.3. The summed E-state index contributed by atoms with van der Waals surface area (Å²) >= 11 is 0. The van der Waals surface area contributed by atoms with Crippen LogP contribution in [0.3, 0.4) is 0 Å². The molecule has 2 amide bonds. The third-order valence-corrected chi connectivity index (χ3v) is 3.94. The number of rotatable bonds is 4. The van der Waals surface area contributed by atoms with Crippen LogP contribution in [-0.2, 0) is 16.0 Å². The van der Waals surface area contributed by atoms with Gasteiger partial charge in [-0.15, -0.1) is 0 Å². The van der Waals surface area contributed by atoms with Crippen molar-refractivity contribution in [2.45, 2.75) is 39.7 Å². The minimum atomic E-state index is 0.0834. The highest BCUT2D eigenvalue weighted by Gasteiger charge is 2.20. The van der Waals surface area contributed by atoms with Gasteiger partial charge in [0, 0.05) is 33.1 Å². The van der Waals surface area contributed by atoms with E-state index in [0.29, 0.717) is 19.5 Å². The molecule has 0 N–H and O–H groups in total. The van der Waals surface area contributed by atoms with E-state index in [4.69, 9.17) is 4.74 Å². The van der Waals surface area contributed by atoms with Gasteiger partial charge in [-0.2, -0.15) is 0 Å². The number of hydrogen-bond donors (Lipinski definition) is 0. The number of carbonyl (C=O) groups excluding carboxylic acids is 2. The third-order valence-electron chi connectivity index (χ3n) is 3.94. The van der Waals surface area contributed by atoms with Crippen LogP contribution in [0.15, 0.2) is 24.3 Å². The van der Waals surface area contributed by atoms with Gasteiger partial charge in [0.1, 0.15) is 5.75 Å². The molecular weight excluding hydrogens is 292 g/mol. The molecular formula is C18H26N2O3. The van der Waals surface area contributed by atoms with Crippen molar-refractivity contribution < 1.29 is 14.3 Å². The summed E-state index contributed by atoms with van der Waals surface area (Å²) in [5, 5.41) is 0. The largest absolute Gasteiger partial charge is 0.491 e. The van der Waals surface area contributed by atoms with Crippen molar-refractivity contribution in [1.82, 2.24) is 9.80 Å². The van der Waals surface area contributed by atoms with Gasteiger partial charge in [-0.05, 0) is 38.0 Å². The third kappa shape index (κ3) is 5.27. The fourth-order valence-electron chi connectivity index (χ4n) is 2.73. The van der Waals surface area contributed by atoms with Crippen molar-refractivity contribution in [1.29, 1.82) is 0 Å². The Morgan fingerprint density at radius 2 is 1.65 bits per heavy atom. The van der Waals surface area contributed by atoms with Crippen LogP contribution in [0.1, 0.15) is 32.8 Å². The molecule has 0 saturated carbocycles. The van der Waals surface area contributed by atoms with E-state index in [1.807, 2.05) is 47.9 Å². The average molecular weight is 318 g/mol. The van der Waals surface area contributed by atoms with Gasteiger partial charge >= 0.3 is 0 Å². The number of benzene rings is 1. The predicted molar refractivity (Wildman–Crippen MR) is 89.4 cm³/mol. The smallest absolute Gasteiger partial charge is 0.227 e. The lowest BCUT2D eigenvalue weighted by molar-refractivity contribution is -0.132. The van der Waals surface area contributed by atoms with E-state index in [-0.39, 0.29) is 17.9 Å². The Morgan fingerprint density at radius 3 is 2.26 bits per heavy atom. The van der Waals surface area contributed by atoms with Crippen LogP contribution in [0.25, 0.3) is 0 Å². The van der Waals surface area contributed by atoms with Gasteiger partial charge in [0.15, 0.2) is 0 Å². The topological polar surface area (TPSA) is 49.9 Å². The molecule has 0 atom stereocenters. The SMILES string of the molecule is CC(=O)N1CCCN(C(=O)Cc2ccc(OC(C)C)cc2)CC1. The zero-order valence-corrected chi connectivity index (χ0v) is 14.2. The molecule has 2 rings (SSSR count). The molecule has 0 aromatic heterocycles. The van der Waals surface area contributed by atoms with Crippen LogP contribution >= 0.6 is 0 Å². The van der Waals surface area contributed by atoms with Gasteiger partial charge in [-0.25, -0.2) is 0 Å². The van der Waals surface area contributed by atoms with Crippen molar-refractivity contribution >= 4 is 11.8 Å². The highest BCUT2D eigenvalue weighted by molar-refractivity contribution is 5.79. The van der Waals surface area contributed by atoms with Crippen molar-refractivity contribution in [3.05, 3.63) is 29.8 Å². The monoisotopic (exact) mass is 318 g/mol. The maximum absolute atomic E-state index is 12.5. The van der Waals surface area contributed by atoms with Crippen LogP contribution in [-0.4, -0.2) is 53.9 Å². The first-order chi connectivity index (χ1) is 11.0. The van der Waals surface area contributed by atoms with E-state index in [2.05, 4.69) is 0 Å². The molecule has 126 valence electrons. The van der Waals surface area contributed by atoms with Crippen molar-refractivity contribution in [2.75, 3.05) is 26.2 Å². The summed E-state index contributed by atoms with van der Waals surface area (Å²) in [6.45, 7) is 8.26. The summed E-state index contributed by atoms with van der Waals surface area (Å²) in [5.74, 6) is 1.02. The lowest BCUT2D eigenvalue weighted by Gasteiger charge is -2.21. The second-order valence-corrected chi connectivity index (χ2v) is 6.23. The maximum Gasteiger partial charge on any atom is 0.227 e. The van der Waals surface area contributed by atoms with E-state index in [9.17, 15) is 9.59 Å². The molecule has 1 saturated heterocycles. The Morgan fingerprint density at radius 1 is 1.04 bits per heavy atom. The molecule has 0 radical (unpaired) electrons. The number of hydrogen-bond acceptors (Lipinski definition) is 3. The van der Waals surface area contributed by atoms with Gasteiger partial charge < -0.3 is 14.5 Å². The maximum atomic E-state index is 12.5. The van der Waals surface area contributed by atoms with E-state index < -0.39 is 0 Å². The van der Waals surface area contributed by atoms with Crippen molar-refractivity contribution in [2.24, 2.45) is 0 Å². The number of nitrogens with zero attached hydrogens (tertiary/aromatic N) is 2. The van der Waals surface area contributed by atoms with Crippen LogP contribution in [0.5, 0.6) is 5.75 Å². The Labute approximate surface area is 138 Å². The highest BCUT2D eigenvalue weighted by atomic mass is 16.5. The lowest BCUT2D eigenvalue weighted by atomic mass is 10.1. The first-order valence-corrected chi connectivity index (χ1v) is 8.24. The molecule has 0 unspecified atom stereocenters. The number of carbonyl (C=O) groups is 2. The molecule has 1 fully saturated rings. The molecule has 1 aliphatic rings. The summed E-state index contributed by atoms with van der Waals surface area (Å²) in [7, 11) is 0. The summed E-state index contributed by atoms with van der Waals surface area (Å²) < 4.78 is 5.61. The predicted octanol–water partition coefficient (Wildman–Crippen LogP) is 2.10. The molecule has 5 heteroatoms. The number of ether oxygens (including phenoxy) is 1.